The van der Waals surface area contributed by atoms with E-state index in [2.05, 4.69) is 0 Å². The Bertz CT molecular complexity index is 373. The molecule has 16 heavy (non-hydrogen) atoms. The highest BCUT2D eigenvalue weighted by molar-refractivity contribution is 5.52. The molecule has 1 aromatic rings. The number of nitrogens with zero attached hydrogens (tertiary/aromatic N) is 1. The summed E-state index contributed by atoms with van der Waals surface area (Å²) in [6.07, 6.45) is 0. The average molecular weight is 223 g/mol. The number of ether oxygens (including phenoxy) is 4. The summed E-state index contributed by atoms with van der Waals surface area (Å²) in [5.41, 5.74) is 0.394. The summed E-state index contributed by atoms with van der Waals surface area (Å²) >= 11 is 0. The van der Waals surface area contributed by atoms with E-state index >= 15 is 0 Å². The number of nitriles is 1. The number of rotatable bonds is 6. The molecule has 0 aromatic heterocycles. The largest absolute Gasteiger partial charge is 0.464 e. The van der Waals surface area contributed by atoms with E-state index in [9.17, 15) is 0 Å². The van der Waals surface area contributed by atoms with Crippen LogP contribution in [-0.2, 0) is 9.47 Å². The standard InChI is InChI=1S/C11H13NO4/c1-13-7-15-10-5-3-4-9(6-12)11(10)16-8-14-2/h3-5H,7-8H2,1-2H3. The first-order valence-electron chi connectivity index (χ1n) is 4.60. The zero-order valence-electron chi connectivity index (χ0n) is 9.23. The van der Waals surface area contributed by atoms with Crippen LogP contribution in [0.25, 0.3) is 0 Å². The third-order valence-corrected chi connectivity index (χ3v) is 1.75. The molecule has 0 spiro atoms. The van der Waals surface area contributed by atoms with E-state index in [0.717, 1.165) is 0 Å². The first-order chi connectivity index (χ1) is 7.83. The molecule has 0 saturated heterocycles. The van der Waals surface area contributed by atoms with Crippen molar-refractivity contribution in [2.24, 2.45) is 0 Å². The minimum absolute atomic E-state index is 0.0576. The Kier molecular flexibility index (Phi) is 5.12. The van der Waals surface area contributed by atoms with Gasteiger partial charge in [-0.25, -0.2) is 0 Å². The van der Waals surface area contributed by atoms with Crippen molar-refractivity contribution in [1.29, 1.82) is 5.26 Å². The normalized spacial score (nSPS) is 9.56. The van der Waals surface area contributed by atoms with Gasteiger partial charge < -0.3 is 18.9 Å². The van der Waals surface area contributed by atoms with Crippen LogP contribution >= 0.6 is 0 Å². The highest BCUT2D eigenvalue weighted by atomic mass is 16.7. The van der Waals surface area contributed by atoms with Crippen LogP contribution in [0.15, 0.2) is 18.2 Å². The van der Waals surface area contributed by atoms with E-state index in [-0.39, 0.29) is 13.6 Å². The molecule has 0 atom stereocenters. The molecule has 0 saturated carbocycles. The number of methoxy groups -OCH3 is 2. The van der Waals surface area contributed by atoms with Gasteiger partial charge in [0.1, 0.15) is 6.07 Å². The fourth-order valence-corrected chi connectivity index (χ4v) is 1.11. The van der Waals surface area contributed by atoms with E-state index in [1.807, 2.05) is 6.07 Å². The SMILES string of the molecule is COCOc1cccc(C#N)c1OCOC. The maximum Gasteiger partial charge on any atom is 0.188 e. The van der Waals surface area contributed by atoms with Gasteiger partial charge in [-0.05, 0) is 12.1 Å². The van der Waals surface area contributed by atoms with E-state index in [4.69, 9.17) is 24.2 Å². The van der Waals surface area contributed by atoms with E-state index in [1.54, 1.807) is 18.2 Å². The Morgan fingerprint density at radius 3 is 2.44 bits per heavy atom. The van der Waals surface area contributed by atoms with Gasteiger partial charge in [0.2, 0.25) is 0 Å². The summed E-state index contributed by atoms with van der Waals surface area (Å²) < 4.78 is 20.1. The van der Waals surface area contributed by atoms with Gasteiger partial charge >= 0.3 is 0 Å². The lowest BCUT2D eigenvalue weighted by Crippen LogP contribution is -2.05. The van der Waals surface area contributed by atoms with Crippen LogP contribution in [0, 0.1) is 11.3 Å². The van der Waals surface area contributed by atoms with Crippen molar-refractivity contribution in [2.75, 3.05) is 27.8 Å². The highest BCUT2D eigenvalue weighted by Gasteiger charge is 2.10. The molecule has 5 heteroatoms. The van der Waals surface area contributed by atoms with Crippen molar-refractivity contribution < 1.29 is 18.9 Å². The molecule has 0 radical (unpaired) electrons. The second kappa shape index (κ2) is 6.67. The van der Waals surface area contributed by atoms with Gasteiger partial charge in [-0.2, -0.15) is 5.26 Å². The summed E-state index contributed by atoms with van der Waals surface area (Å²) in [5.74, 6) is 0.821. The molecule has 0 unspecified atom stereocenters. The van der Waals surface area contributed by atoms with Gasteiger partial charge in [0.25, 0.3) is 0 Å². The fourth-order valence-electron chi connectivity index (χ4n) is 1.11. The highest BCUT2D eigenvalue weighted by Crippen LogP contribution is 2.30. The predicted octanol–water partition coefficient (Wildman–Crippen LogP) is 1.52. The van der Waals surface area contributed by atoms with E-state index in [0.29, 0.717) is 17.1 Å². The smallest absolute Gasteiger partial charge is 0.188 e. The Morgan fingerprint density at radius 2 is 1.81 bits per heavy atom. The van der Waals surface area contributed by atoms with Crippen molar-refractivity contribution in [2.45, 2.75) is 0 Å². The predicted molar refractivity (Wildman–Crippen MR) is 56.2 cm³/mol. The Labute approximate surface area is 94.1 Å². The van der Waals surface area contributed by atoms with Crippen molar-refractivity contribution in [1.82, 2.24) is 0 Å². The molecule has 0 amide bonds. The third-order valence-electron chi connectivity index (χ3n) is 1.75. The zero-order chi connectivity index (χ0) is 11.8. The molecule has 0 N–H and O–H groups in total. The maximum atomic E-state index is 8.91. The van der Waals surface area contributed by atoms with Crippen LogP contribution in [0.2, 0.25) is 0 Å². The van der Waals surface area contributed by atoms with Crippen molar-refractivity contribution >= 4 is 0 Å². The first-order valence-corrected chi connectivity index (χ1v) is 4.60. The molecule has 1 aromatic carbocycles. The molecule has 0 heterocycles. The molecular weight excluding hydrogens is 210 g/mol. The second-order valence-corrected chi connectivity index (χ2v) is 2.85. The van der Waals surface area contributed by atoms with Gasteiger partial charge in [-0.15, -0.1) is 0 Å². The van der Waals surface area contributed by atoms with Crippen molar-refractivity contribution in [3.8, 4) is 17.6 Å². The van der Waals surface area contributed by atoms with E-state index < -0.39 is 0 Å². The summed E-state index contributed by atoms with van der Waals surface area (Å²) in [7, 11) is 3.02. The molecule has 0 bridgehead atoms. The molecule has 86 valence electrons. The lowest BCUT2D eigenvalue weighted by Gasteiger charge is -2.12. The third kappa shape index (κ3) is 3.12. The maximum absolute atomic E-state index is 8.91. The lowest BCUT2D eigenvalue weighted by molar-refractivity contribution is 0.0321. The van der Waals surface area contributed by atoms with Crippen LogP contribution in [0.4, 0.5) is 0 Å². The number of hydrogen-bond acceptors (Lipinski definition) is 5. The summed E-state index contributed by atoms with van der Waals surface area (Å²) in [6.45, 7) is 0.153. The van der Waals surface area contributed by atoms with Crippen LogP contribution in [0.3, 0.4) is 0 Å². The molecule has 5 nitrogen and oxygen atoms in total. The summed E-state index contributed by atoms with van der Waals surface area (Å²) in [5, 5.41) is 8.91. The van der Waals surface area contributed by atoms with Crippen LogP contribution in [0.5, 0.6) is 11.5 Å². The second-order valence-electron chi connectivity index (χ2n) is 2.85. The topological polar surface area (TPSA) is 60.7 Å². The number of para-hydroxylation sites is 1. The molecule has 1 rings (SSSR count). The molecule has 0 aliphatic carbocycles. The quantitative estimate of drug-likeness (QED) is 0.684. The van der Waals surface area contributed by atoms with Gasteiger partial charge in [0.15, 0.2) is 25.1 Å². The van der Waals surface area contributed by atoms with Gasteiger partial charge in [-0.1, -0.05) is 6.07 Å². The molecule has 0 fully saturated rings. The van der Waals surface area contributed by atoms with Crippen LogP contribution in [0.1, 0.15) is 5.56 Å². The van der Waals surface area contributed by atoms with Gasteiger partial charge in [0.05, 0.1) is 5.56 Å². The molecule has 0 aliphatic heterocycles. The van der Waals surface area contributed by atoms with Gasteiger partial charge in [-0.3, -0.25) is 0 Å². The summed E-state index contributed by atoms with van der Waals surface area (Å²) in [4.78, 5) is 0. The monoisotopic (exact) mass is 223 g/mol. The minimum Gasteiger partial charge on any atom is -0.464 e. The minimum atomic E-state index is 0.0576. The van der Waals surface area contributed by atoms with Crippen molar-refractivity contribution in [3.63, 3.8) is 0 Å². The van der Waals surface area contributed by atoms with Crippen molar-refractivity contribution in [3.05, 3.63) is 23.8 Å². The number of hydrogen-bond donors (Lipinski definition) is 0. The molecular formula is C11H13NO4. The summed E-state index contributed by atoms with van der Waals surface area (Å²) in [6, 6.07) is 7.07. The van der Waals surface area contributed by atoms with Crippen LogP contribution < -0.4 is 9.47 Å². The Morgan fingerprint density at radius 1 is 1.12 bits per heavy atom. The Hall–Kier alpha value is -1.77. The number of benzene rings is 1. The van der Waals surface area contributed by atoms with Gasteiger partial charge in [0, 0.05) is 14.2 Å². The fraction of sp³-hybridized carbons (Fsp3) is 0.364. The first kappa shape index (κ1) is 12.3. The Balaban J connectivity index is 2.91. The average Bonchev–Trinajstić information content (AvgIpc) is 2.33. The van der Waals surface area contributed by atoms with Crippen LogP contribution in [-0.4, -0.2) is 27.8 Å². The lowest BCUT2D eigenvalue weighted by atomic mass is 10.2. The van der Waals surface area contributed by atoms with E-state index in [1.165, 1.54) is 14.2 Å². The zero-order valence-corrected chi connectivity index (χ0v) is 9.23. The molecule has 0 aliphatic rings.